The summed E-state index contributed by atoms with van der Waals surface area (Å²) in [5, 5.41) is 20.3. The van der Waals surface area contributed by atoms with Gasteiger partial charge in [0.25, 0.3) is 5.91 Å². The number of anilines is 1. The van der Waals surface area contributed by atoms with Gasteiger partial charge in [-0.3, -0.25) is 15.2 Å². The van der Waals surface area contributed by atoms with Gasteiger partial charge in [0.15, 0.2) is 5.58 Å². The fraction of sp³-hybridized carbons (Fsp3) is 0.167. The quantitative estimate of drug-likeness (QED) is 0.682. The molecule has 0 saturated heterocycles. The molecule has 0 spiro atoms. The number of amides is 1. The van der Waals surface area contributed by atoms with Gasteiger partial charge in [0.1, 0.15) is 11.4 Å². The zero-order valence-electron chi connectivity index (χ0n) is 13.7. The molecule has 3 N–H and O–H groups in total. The molecule has 1 amide bonds. The molecular weight excluding hydrogens is 325 g/mol. The van der Waals surface area contributed by atoms with E-state index in [4.69, 9.17) is 9.83 Å². The van der Waals surface area contributed by atoms with Gasteiger partial charge in [0.2, 0.25) is 5.55 Å². The fourth-order valence-corrected chi connectivity index (χ4v) is 2.50. The number of nitrogens with zero attached hydrogens (tertiary/aromatic N) is 1. The number of aliphatic hydroxyl groups excluding tert-OH is 1. The summed E-state index contributed by atoms with van der Waals surface area (Å²) in [6.07, 6.45) is 1.48. The molecule has 0 unspecified atom stereocenters. The Hall–Kier alpha value is -3.06. The van der Waals surface area contributed by atoms with Gasteiger partial charge >= 0.3 is 0 Å². The van der Waals surface area contributed by atoms with E-state index in [0.29, 0.717) is 22.2 Å². The Kier molecular flexibility index (Phi) is 4.33. The predicted molar refractivity (Wildman–Crippen MR) is 89.6 cm³/mol. The largest absolute Gasteiger partial charge is 0.436 e. The van der Waals surface area contributed by atoms with E-state index in [9.17, 15) is 14.3 Å². The molecule has 2 heterocycles. The summed E-state index contributed by atoms with van der Waals surface area (Å²) >= 11 is 0. The second-order valence-corrected chi connectivity index (χ2v) is 5.70. The van der Waals surface area contributed by atoms with Crippen LogP contribution in [0.15, 0.2) is 34.9 Å². The summed E-state index contributed by atoms with van der Waals surface area (Å²) in [6, 6.07) is 5.88. The summed E-state index contributed by atoms with van der Waals surface area (Å²) in [7, 11) is 0. The molecule has 2 aromatic heterocycles. The van der Waals surface area contributed by atoms with E-state index in [2.05, 4.69) is 10.3 Å². The molecule has 3 aromatic rings. The number of rotatable bonds is 3. The van der Waals surface area contributed by atoms with Crippen molar-refractivity contribution in [1.82, 2.24) is 4.98 Å². The molecule has 0 radical (unpaired) electrons. The Balaban J connectivity index is 2.07. The molecule has 0 saturated carbocycles. The highest BCUT2D eigenvalue weighted by atomic mass is 19.1. The lowest BCUT2D eigenvalue weighted by molar-refractivity contribution is 0.102. The number of nitrogens with one attached hydrogen (secondary N) is 2. The molecule has 0 aliphatic carbocycles. The van der Waals surface area contributed by atoms with Gasteiger partial charge < -0.3 is 14.8 Å². The molecule has 3 rings (SSSR count). The topological polar surface area (TPSA) is 99.2 Å². The van der Waals surface area contributed by atoms with Crippen LogP contribution in [0.25, 0.3) is 11.0 Å². The van der Waals surface area contributed by atoms with Crippen molar-refractivity contribution >= 4 is 22.6 Å². The Bertz CT molecular complexity index is 1040. The van der Waals surface area contributed by atoms with Gasteiger partial charge in [-0.05, 0) is 37.6 Å². The molecule has 0 aliphatic rings. The summed E-state index contributed by atoms with van der Waals surface area (Å²) in [5.41, 5.74) is 1.66. The molecule has 0 atom stereocenters. The van der Waals surface area contributed by atoms with Gasteiger partial charge in [0, 0.05) is 17.1 Å². The zero-order chi connectivity index (χ0) is 18.1. The van der Waals surface area contributed by atoms with Crippen molar-refractivity contribution in [3.63, 3.8) is 0 Å². The maximum atomic E-state index is 13.9. The Morgan fingerprint density at radius 2 is 2.12 bits per heavy atom. The van der Waals surface area contributed by atoms with Crippen molar-refractivity contribution in [3.8, 4) is 0 Å². The Morgan fingerprint density at radius 3 is 2.80 bits per heavy atom. The first kappa shape index (κ1) is 16.8. The molecular formula is C18H16FN3O3. The van der Waals surface area contributed by atoms with Crippen LogP contribution >= 0.6 is 0 Å². The molecule has 6 nitrogen and oxygen atoms in total. The third-order valence-corrected chi connectivity index (χ3v) is 3.86. The zero-order valence-corrected chi connectivity index (χ0v) is 13.7. The van der Waals surface area contributed by atoms with Crippen LogP contribution in [0.2, 0.25) is 0 Å². The first-order valence-electron chi connectivity index (χ1n) is 7.56. The lowest BCUT2D eigenvalue weighted by atomic mass is 10.1. The van der Waals surface area contributed by atoms with E-state index in [-0.39, 0.29) is 23.4 Å². The summed E-state index contributed by atoms with van der Waals surface area (Å²) < 4.78 is 19.3. The smallest absolute Gasteiger partial charge is 0.261 e. The number of fused-ring (bicyclic) bond motifs is 1. The van der Waals surface area contributed by atoms with Crippen molar-refractivity contribution in [2.24, 2.45) is 0 Å². The number of aliphatic hydroxyl groups is 1. The van der Waals surface area contributed by atoms with Crippen LogP contribution in [-0.2, 0) is 6.61 Å². The number of carbonyl (C=O) groups is 1. The number of halogens is 1. The number of benzene rings is 1. The molecule has 7 heteroatoms. The van der Waals surface area contributed by atoms with Gasteiger partial charge in [-0.25, -0.2) is 4.39 Å². The molecule has 0 aliphatic heterocycles. The van der Waals surface area contributed by atoms with Crippen LogP contribution in [0.5, 0.6) is 0 Å². The minimum absolute atomic E-state index is 0.0170. The number of hydrogen-bond donors (Lipinski definition) is 3. The highest BCUT2D eigenvalue weighted by Gasteiger charge is 2.16. The number of hydrogen-bond acceptors (Lipinski definition) is 5. The van der Waals surface area contributed by atoms with Crippen LogP contribution in [-0.4, -0.2) is 16.0 Å². The molecule has 0 fully saturated rings. The SMILES string of the molecule is Cc1ccc(NC(=O)c2cc3c(CO)cnc(C)c3oc2=N)c(F)c1. The second-order valence-electron chi connectivity index (χ2n) is 5.70. The molecule has 25 heavy (non-hydrogen) atoms. The maximum absolute atomic E-state index is 13.9. The van der Waals surface area contributed by atoms with Crippen LogP contribution in [0.4, 0.5) is 10.1 Å². The summed E-state index contributed by atoms with van der Waals surface area (Å²) in [4.78, 5) is 16.6. The normalized spacial score (nSPS) is 10.9. The Labute approximate surface area is 142 Å². The fourth-order valence-electron chi connectivity index (χ4n) is 2.50. The number of aryl methyl sites for hydroxylation is 2. The monoisotopic (exact) mass is 341 g/mol. The Morgan fingerprint density at radius 1 is 1.36 bits per heavy atom. The van der Waals surface area contributed by atoms with E-state index in [1.165, 1.54) is 24.4 Å². The van der Waals surface area contributed by atoms with Gasteiger partial charge in [-0.1, -0.05) is 6.07 Å². The van der Waals surface area contributed by atoms with Gasteiger partial charge in [-0.2, -0.15) is 0 Å². The van der Waals surface area contributed by atoms with Crippen LogP contribution in [0, 0.1) is 25.1 Å². The van der Waals surface area contributed by atoms with Crippen LogP contribution in [0.3, 0.4) is 0 Å². The molecule has 128 valence electrons. The first-order valence-corrected chi connectivity index (χ1v) is 7.56. The third-order valence-electron chi connectivity index (χ3n) is 3.86. The highest BCUT2D eigenvalue weighted by Crippen LogP contribution is 2.21. The van der Waals surface area contributed by atoms with E-state index in [1.807, 2.05) is 0 Å². The van der Waals surface area contributed by atoms with Crippen molar-refractivity contribution in [2.75, 3.05) is 5.32 Å². The average Bonchev–Trinajstić information content (AvgIpc) is 2.57. The lowest BCUT2D eigenvalue weighted by Crippen LogP contribution is -2.21. The van der Waals surface area contributed by atoms with Gasteiger partial charge in [-0.15, -0.1) is 0 Å². The second kappa shape index (κ2) is 6.45. The predicted octanol–water partition coefficient (Wildman–Crippen LogP) is 2.81. The van der Waals surface area contributed by atoms with E-state index < -0.39 is 11.7 Å². The minimum Gasteiger partial charge on any atom is -0.436 e. The standard InChI is InChI=1S/C18H16FN3O3/c1-9-3-4-15(14(19)5-9)22-18(24)13-6-12-11(8-23)7-21-10(2)16(12)25-17(13)20/h3-7,20,23H,8H2,1-2H3,(H,22,24). The first-order chi connectivity index (χ1) is 11.9. The van der Waals surface area contributed by atoms with Crippen molar-refractivity contribution in [3.05, 3.63) is 64.2 Å². The average molecular weight is 341 g/mol. The molecule has 1 aromatic carbocycles. The number of aromatic nitrogens is 1. The summed E-state index contributed by atoms with van der Waals surface area (Å²) in [6.45, 7) is 3.16. The minimum atomic E-state index is -0.670. The number of carbonyl (C=O) groups excluding carboxylic acids is 1. The van der Waals surface area contributed by atoms with E-state index in [1.54, 1.807) is 19.9 Å². The highest BCUT2D eigenvalue weighted by molar-refractivity contribution is 6.05. The van der Waals surface area contributed by atoms with E-state index >= 15 is 0 Å². The number of pyridine rings is 1. The van der Waals surface area contributed by atoms with Crippen molar-refractivity contribution in [2.45, 2.75) is 20.5 Å². The van der Waals surface area contributed by atoms with E-state index in [0.717, 1.165) is 5.56 Å². The van der Waals surface area contributed by atoms with Crippen molar-refractivity contribution in [1.29, 1.82) is 5.41 Å². The molecule has 0 bridgehead atoms. The summed E-state index contributed by atoms with van der Waals surface area (Å²) in [5.74, 6) is -1.23. The van der Waals surface area contributed by atoms with Crippen LogP contribution < -0.4 is 10.9 Å². The van der Waals surface area contributed by atoms with Crippen molar-refractivity contribution < 1.29 is 18.7 Å². The van der Waals surface area contributed by atoms with Crippen LogP contribution in [0.1, 0.15) is 27.2 Å². The third kappa shape index (κ3) is 3.14. The van der Waals surface area contributed by atoms with Gasteiger partial charge in [0.05, 0.1) is 18.0 Å². The maximum Gasteiger partial charge on any atom is 0.261 e. The lowest BCUT2D eigenvalue weighted by Gasteiger charge is -2.10.